The number of halogens is 3. The van der Waals surface area contributed by atoms with Gasteiger partial charge in [-0.3, -0.25) is 4.79 Å². The third kappa shape index (κ3) is 5.46. The molecule has 0 bridgehead atoms. The average molecular weight is 371 g/mol. The highest BCUT2D eigenvalue weighted by Gasteiger charge is 2.08. The van der Waals surface area contributed by atoms with Crippen molar-refractivity contribution >= 4 is 52.1 Å². The zero-order chi connectivity index (χ0) is 16.8. The minimum Gasteiger partial charge on any atom is -0.332 e. The van der Waals surface area contributed by atoms with Gasteiger partial charge in [0.25, 0.3) is 0 Å². The van der Waals surface area contributed by atoms with Crippen molar-refractivity contribution in [3.05, 3.63) is 63.9 Å². The van der Waals surface area contributed by atoms with E-state index in [0.29, 0.717) is 17.1 Å². The van der Waals surface area contributed by atoms with E-state index in [1.807, 2.05) is 18.2 Å². The summed E-state index contributed by atoms with van der Waals surface area (Å²) in [5.41, 5.74) is 1.39. The Kier molecular flexibility index (Phi) is 6.33. The van der Waals surface area contributed by atoms with Crippen LogP contribution in [0.3, 0.4) is 0 Å². The van der Waals surface area contributed by atoms with E-state index < -0.39 is 5.82 Å². The topological polar surface area (TPSA) is 41.1 Å². The summed E-state index contributed by atoms with van der Waals surface area (Å²) in [7, 11) is 0. The molecule has 0 aliphatic heterocycles. The summed E-state index contributed by atoms with van der Waals surface area (Å²) >= 11 is 16.8. The highest BCUT2D eigenvalue weighted by Crippen LogP contribution is 2.19. The quantitative estimate of drug-likeness (QED) is 0.774. The number of thiocarbonyl (C=S) groups is 1. The Morgan fingerprint density at radius 1 is 1.13 bits per heavy atom. The first-order valence-electron chi connectivity index (χ1n) is 6.75. The molecule has 0 heterocycles. The number of aryl methyl sites for hydroxylation is 1. The largest absolute Gasteiger partial charge is 0.332 e. The molecule has 0 fully saturated rings. The smallest absolute Gasteiger partial charge is 0.226 e. The molecular formula is C16H13Cl2FN2OS. The maximum atomic E-state index is 13.1. The molecule has 0 saturated heterocycles. The van der Waals surface area contributed by atoms with Gasteiger partial charge in [-0.1, -0.05) is 41.4 Å². The van der Waals surface area contributed by atoms with Crippen LogP contribution in [-0.4, -0.2) is 11.0 Å². The van der Waals surface area contributed by atoms with Gasteiger partial charge in [0.2, 0.25) is 5.91 Å². The van der Waals surface area contributed by atoms with E-state index in [0.717, 1.165) is 5.56 Å². The molecule has 2 rings (SSSR count). The van der Waals surface area contributed by atoms with Crippen LogP contribution in [0, 0.1) is 5.82 Å². The van der Waals surface area contributed by atoms with E-state index in [1.165, 1.54) is 18.2 Å². The van der Waals surface area contributed by atoms with Crippen molar-refractivity contribution in [3.8, 4) is 0 Å². The lowest BCUT2D eigenvalue weighted by Crippen LogP contribution is -2.34. The van der Waals surface area contributed by atoms with Gasteiger partial charge >= 0.3 is 0 Å². The zero-order valence-electron chi connectivity index (χ0n) is 11.9. The number of benzene rings is 2. The van der Waals surface area contributed by atoms with Crippen LogP contribution in [-0.2, 0) is 11.2 Å². The number of rotatable bonds is 4. The Morgan fingerprint density at radius 2 is 1.87 bits per heavy atom. The Balaban J connectivity index is 1.84. The maximum absolute atomic E-state index is 13.1. The molecule has 2 N–H and O–H groups in total. The van der Waals surface area contributed by atoms with Crippen molar-refractivity contribution < 1.29 is 9.18 Å². The standard InChI is InChI=1S/C16H13Cl2FN2OS/c17-12-4-2-1-3-10(12)5-8-15(22)21-16(23)20-11-6-7-14(19)13(18)9-11/h1-4,6-7,9H,5,8H2,(H2,20,21,22,23). The van der Waals surface area contributed by atoms with Crippen molar-refractivity contribution in [1.82, 2.24) is 5.32 Å². The fourth-order valence-electron chi connectivity index (χ4n) is 1.87. The Bertz CT molecular complexity index is 740. The average Bonchev–Trinajstić information content (AvgIpc) is 2.50. The summed E-state index contributed by atoms with van der Waals surface area (Å²) in [6, 6.07) is 11.4. The van der Waals surface area contributed by atoms with Crippen molar-refractivity contribution in [2.24, 2.45) is 0 Å². The van der Waals surface area contributed by atoms with Gasteiger partial charge in [0.1, 0.15) is 5.82 Å². The highest BCUT2D eigenvalue weighted by molar-refractivity contribution is 7.80. The van der Waals surface area contributed by atoms with Gasteiger partial charge in [0.15, 0.2) is 5.11 Å². The Hall–Kier alpha value is -1.69. The maximum Gasteiger partial charge on any atom is 0.226 e. The van der Waals surface area contributed by atoms with Gasteiger partial charge < -0.3 is 10.6 Å². The van der Waals surface area contributed by atoms with Gasteiger partial charge in [-0.15, -0.1) is 0 Å². The van der Waals surface area contributed by atoms with Crippen LogP contribution in [0.15, 0.2) is 42.5 Å². The lowest BCUT2D eigenvalue weighted by molar-refractivity contribution is -0.119. The second-order valence-corrected chi connectivity index (χ2v) is 5.95. The summed E-state index contributed by atoms with van der Waals surface area (Å²) in [6.45, 7) is 0. The lowest BCUT2D eigenvalue weighted by Gasteiger charge is -2.10. The van der Waals surface area contributed by atoms with Gasteiger partial charge in [-0.2, -0.15) is 0 Å². The van der Waals surface area contributed by atoms with Crippen LogP contribution >= 0.6 is 35.4 Å². The summed E-state index contributed by atoms with van der Waals surface area (Å²) in [5.74, 6) is -0.762. The molecule has 120 valence electrons. The van der Waals surface area contributed by atoms with Crippen molar-refractivity contribution in [1.29, 1.82) is 0 Å². The molecule has 0 spiro atoms. The predicted molar refractivity (Wildman–Crippen MR) is 95.5 cm³/mol. The number of hydrogen-bond donors (Lipinski definition) is 2. The number of amides is 1. The van der Waals surface area contributed by atoms with Crippen molar-refractivity contribution in [2.45, 2.75) is 12.8 Å². The number of hydrogen-bond acceptors (Lipinski definition) is 2. The fraction of sp³-hybridized carbons (Fsp3) is 0.125. The van der Waals surface area contributed by atoms with Gasteiger partial charge in [-0.25, -0.2) is 4.39 Å². The van der Waals surface area contributed by atoms with Crippen molar-refractivity contribution in [3.63, 3.8) is 0 Å². The molecule has 23 heavy (non-hydrogen) atoms. The summed E-state index contributed by atoms with van der Waals surface area (Å²) in [4.78, 5) is 11.9. The molecule has 2 aromatic carbocycles. The number of anilines is 1. The van der Waals surface area contributed by atoms with E-state index in [-0.39, 0.29) is 22.5 Å². The Morgan fingerprint density at radius 3 is 2.57 bits per heavy atom. The van der Waals surface area contributed by atoms with Crippen LogP contribution in [0.5, 0.6) is 0 Å². The molecule has 0 saturated carbocycles. The van der Waals surface area contributed by atoms with Crippen LogP contribution in [0.4, 0.5) is 10.1 Å². The van der Waals surface area contributed by atoms with E-state index in [2.05, 4.69) is 10.6 Å². The molecule has 7 heteroatoms. The van der Waals surface area contributed by atoms with E-state index >= 15 is 0 Å². The Labute approximate surface area is 148 Å². The summed E-state index contributed by atoms with van der Waals surface area (Å²) in [6.07, 6.45) is 0.756. The minimum atomic E-state index is -0.521. The first-order chi connectivity index (χ1) is 11.0. The normalized spacial score (nSPS) is 10.2. The van der Waals surface area contributed by atoms with Crippen LogP contribution in [0.2, 0.25) is 10.0 Å². The van der Waals surface area contributed by atoms with Gasteiger partial charge in [-0.05, 0) is 48.5 Å². The number of carbonyl (C=O) groups is 1. The molecule has 0 radical (unpaired) electrons. The molecular weight excluding hydrogens is 358 g/mol. The second kappa shape index (κ2) is 8.24. The minimum absolute atomic E-state index is 0.0251. The predicted octanol–water partition coefficient (Wildman–Crippen LogP) is 4.58. The highest BCUT2D eigenvalue weighted by atomic mass is 35.5. The molecule has 0 atom stereocenters. The summed E-state index contributed by atoms with van der Waals surface area (Å²) < 4.78 is 13.1. The van der Waals surface area contributed by atoms with E-state index in [1.54, 1.807) is 6.07 Å². The molecule has 0 aromatic heterocycles. The van der Waals surface area contributed by atoms with E-state index in [9.17, 15) is 9.18 Å². The van der Waals surface area contributed by atoms with Gasteiger partial charge in [0.05, 0.1) is 5.02 Å². The molecule has 0 unspecified atom stereocenters. The molecule has 3 nitrogen and oxygen atoms in total. The SMILES string of the molecule is O=C(CCc1ccccc1Cl)NC(=S)Nc1ccc(F)c(Cl)c1. The number of nitrogens with one attached hydrogen (secondary N) is 2. The zero-order valence-corrected chi connectivity index (χ0v) is 14.2. The monoisotopic (exact) mass is 370 g/mol. The van der Waals surface area contributed by atoms with Crippen LogP contribution in [0.1, 0.15) is 12.0 Å². The summed E-state index contributed by atoms with van der Waals surface area (Å²) in [5, 5.41) is 6.05. The third-order valence-corrected chi connectivity index (χ3v) is 3.87. The molecule has 0 aliphatic carbocycles. The van der Waals surface area contributed by atoms with Gasteiger partial charge in [0, 0.05) is 17.1 Å². The lowest BCUT2D eigenvalue weighted by atomic mass is 10.1. The molecule has 0 aliphatic rings. The van der Waals surface area contributed by atoms with Crippen molar-refractivity contribution in [2.75, 3.05) is 5.32 Å². The third-order valence-electron chi connectivity index (χ3n) is 3.01. The van der Waals surface area contributed by atoms with Crippen LogP contribution < -0.4 is 10.6 Å². The fourth-order valence-corrected chi connectivity index (χ4v) is 2.52. The van der Waals surface area contributed by atoms with E-state index in [4.69, 9.17) is 35.4 Å². The molecule has 2 aromatic rings. The number of carbonyl (C=O) groups excluding carboxylic acids is 1. The van der Waals surface area contributed by atoms with Crippen LogP contribution in [0.25, 0.3) is 0 Å². The molecule has 1 amide bonds. The second-order valence-electron chi connectivity index (χ2n) is 4.72. The first kappa shape index (κ1) is 17.7. The first-order valence-corrected chi connectivity index (χ1v) is 7.91.